The molecule has 0 atom stereocenters. The van der Waals surface area contributed by atoms with Gasteiger partial charge in [0.15, 0.2) is 0 Å². The van der Waals surface area contributed by atoms with E-state index in [1.807, 2.05) is 0 Å². The smallest absolute Gasteiger partial charge is 0.336 e. The highest BCUT2D eigenvalue weighted by atomic mass is 16.2. The molecule has 1 amide bonds. The van der Waals surface area contributed by atoms with Gasteiger partial charge in [-0.15, -0.1) is 5.10 Å². The molecule has 0 unspecified atom stereocenters. The van der Waals surface area contributed by atoms with E-state index >= 15 is 0 Å². The number of rotatable bonds is 1. The largest absolute Gasteiger partial charge is 0.341 e. The van der Waals surface area contributed by atoms with Gasteiger partial charge < -0.3 is 4.90 Å². The van der Waals surface area contributed by atoms with E-state index in [1.165, 1.54) is 6.42 Å². The topological polar surface area (TPSA) is 81.8 Å². The number of hydrogen-bond acceptors (Lipinski definition) is 3. The molecular weight excluding hydrogens is 184 g/mol. The summed E-state index contributed by atoms with van der Waals surface area (Å²) in [5.41, 5.74) is -0.439. The van der Waals surface area contributed by atoms with E-state index in [9.17, 15) is 9.59 Å². The summed E-state index contributed by atoms with van der Waals surface area (Å²) < 4.78 is 0. The van der Waals surface area contributed by atoms with Gasteiger partial charge in [-0.3, -0.25) is 9.78 Å². The van der Waals surface area contributed by atoms with Crippen molar-refractivity contribution >= 4 is 5.91 Å². The maximum absolute atomic E-state index is 11.7. The van der Waals surface area contributed by atoms with Crippen LogP contribution >= 0.6 is 0 Å². The third-order valence-electron chi connectivity index (χ3n) is 2.35. The summed E-state index contributed by atoms with van der Waals surface area (Å²) in [6, 6.07) is 0. The van der Waals surface area contributed by atoms with Crippen LogP contribution in [0.25, 0.3) is 0 Å². The molecule has 0 bridgehead atoms. The van der Waals surface area contributed by atoms with Gasteiger partial charge >= 0.3 is 5.69 Å². The fourth-order valence-corrected chi connectivity index (χ4v) is 1.62. The molecule has 1 aromatic heterocycles. The summed E-state index contributed by atoms with van der Waals surface area (Å²) in [4.78, 5) is 26.5. The Balaban J connectivity index is 2.10. The number of amides is 1. The van der Waals surface area contributed by atoms with Gasteiger partial charge in [-0.05, 0) is 19.3 Å². The van der Waals surface area contributed by atoms with Gasteiger partial charge in [-0.1, -0.05) is 0 Å². The summed E-state index contributed by atoms with van der Waals surface area (Å²) in [5.74, 6) is -0.0834. The first-order chi connectivity index (χ1) is 6.77. The number of hydrogen-bond donors (Lipinski definition) is 2. The van der Waals surface area contributed by atoms with E-state index in [1.54, 1.807) is 4.90 Å². The maximum Gasteiger partial charge on any atom is 0.341 e. The van der Waals surface area contributed by atoms with E-state index < -0.39 is 5.69 Å². The number of nitrogens with one attached hydrogen (secondary N) is 2. The first-order valence-electron chi connectivity index (χ1n) is 4.71. The van der Waals surface area contributed by atoms with E-state index in [2.05, 4.69) is 15.2 Å². The Bertz CT molecular complexity index is 375. The minimum atomic E-state index is -0.439. The van der Waals surface area contributed by atoms with Gasteiger partial charge in [-0.25, -0.2) is 9.89 Å². The third kappa shape index (κ3) is 1.68. The fraction of sp³-hybridized carbons (Fsp3) is 0.625. The lowest BCUT2D eigenvalue weighted by molar-refractivity contribution is 0.0712. The molecule has 14 heavy (non-hydrogen) atoms. The number of likely N-dealkylation sites (tertiary alicyclic amines) is 1. The molecule has 76 valence electrons. The standard InChI is InChI=1S/C8H12N4O2/c13-7(6-9-8(14)11-10-6)12-4-2-1-3-5-12/h1-5H2,(H2,9,10,11,14). The van der Waals surface area contributed by atoms with Crippen molar-refractivity contribution in [3.63, 3.8) is 0 Å². The first kappa shape index (κ1) is 8.98. The number of carbonyl (C=O) groups excluding carboxylic acids is 1. The average molecular weight is 196 g/mol. The molecule has 1 saturated heterocycles. The van der Waals surface area contributed by atoms with E-state index in [4.69, 9.17) is 0 Å². The van der Waals surface area contributed by atoms with Crippen LogP contribution in [-0.4, -0.2) is 39.1 Å². The highest BCUT2D eigenvalue weighted by Crippen LogP contribution is 2.10. The zero-order valence-corrected chi connectivity index (χ0v) is 7.75. The van der Waals surface area contributed by atoms with Crippen molar-refractivity contribution in [3.05, 3.63) is 16.3 Å². The second kappa shape index (κ2) is 3.65. The Morgan fingerprint density at radius 2 is 2.00 bits per heavy atom. The van der Waals surface area contributed by atoms with E-state index in [0.29, 0.717) is 0 Å². The monoisotopic (exact) mass is 196 g/mol. The highest BCUT2D eigenvalue weighted by molar-refractivity contribution is 5.90. The van der Waals surface area contributed by atoms with Crippen LogP contribution < -0.4 is 5.69 Å². The van der Waals surface area contributed by atoms with Crippen LogP contribution in [0.2, 0.25) is 0 Å². The maximum atomic E-state index is 11.7. The summed E-state index contributed by atoms with van der Waals surface area (Å²) in [6.07, 6.45) is 3.22. The SMILES string of the molecule is O=C(c1n[nH]c(=O)[nH]1)N1CCCCC1. The molecule has 1 fully saturated rings. The Morgan fingerprint density at radius 3 is 2.57 bits per heavy atom. The van der Waals surface area contributed by atoms with Crippen LogP contribution in [0.1, 0.15) is 29.9 Å². The Kier molecular flexibility index (Phi) is 2.34. The summed E-state index contributed by atoms with van der Waals surface area (Å²) in [7, 11) is 0. The zero-order valence-electron chi connectivity index (χ0n) is 7.75. The molecule has 0 aliphatic carbocycles. The molecule has 1 aliphatic rings. The molecule has 1 aliphatic heterocycles. The molecule has 0 saturated carbocycles. The lowest BCUT2D eigenvalue weighted by Crippen LogP contribution is -2.36. The molecule has 0 aromatic carbocycles. The van der Waals surface area contributed by atoms with Crippen LogP contribution in [-0.2, 0) is 0 Å². The van der Waals surface area contributed by atoms with Crippen molar-refractivity contribution in [1.82, 2.24) is 20.1 Å². The second-order valence-corrected chi connectivity index (χ2v) is 3.38. The van der Waals surface area contributed by atoms with E-state index in [-0.39, 0.29) is 11.7 Å². The van der Waals surface area contributed by atoms with Crippen molar-refractivity contribution < 1.29 is 4.79 Å². The van der Waals surface area contributed by atoms with Crippen LogP contribution in [0.5, 0.6) is 0 Å². The number of nitrogens with zero attached hydrogens (tertiary/aromatic N) is 2. The number of aromatic amines is 2. The van der Waals surface area contributed by atoms with Crippen molar-refractivity contribution in [1.29, 1.82) is 0 Å². The quantitative estimate of drug-likeness (QED) is 0.648. The Morgan fingerprint density at radius 1 is 1.29 bits per heavy atom. The molecular formula is C8H12N4O2. The van der Waals surface area contributed by atoms with Crippen molar-refractivity contribution in [2.75, 3.05) is 13.1 Å². The van der Waals surface area contributed by atoms with Gasteiger partial charge in [0.25, 0.3) is 5.91 Å². The molecule has 0 spiro atoms. The lowest BCUT2D eigenvalue weighted by atomic mass is 10.1. The third-order valence-corrected chi connectivity index (χ3v) is 2.35. The van der Waals surface area contributed by atoms with Crippen molar-refractivity contribution in [3.8, 4) is 0 Å². The predicted molar refractivity (Wildman–Crippen MR) is 49.0 cm³/mol. The van der Waals surface area contributed by atoms with Crippen LogP contribution in [0.3, 0.4) is 0 Å². The van der Waals surface area contributed by atoms with Gasteiger partial charge in [-0.2, -0.15) is 0 Å². The second-order valence-electron chi connectivity index (χ2n) is 3.38. The molecule has 6 heteroatoms. The normalized spacial score (nSPS) is 17.0. The summed E-state index contributed by atoms with van der Waals surface area (Å²) >= 11 is 0. The predicted octanol–water partition coefficient (Wildman–Crippen LogP) is -0.276. The summed E-state index contributed by atoms with van der Waals surface area (Å²) in [6.45, 7) is 1.52. The highest BCUT2D eigenvalue weighted by Gasteiger charge is 2.20. The van der Waals surface area contributed by atoms with E-state index in [0.717, 1.165) is 25.9 Å². The van der Waals surface area contributed by atoms with Crippen LogP contribution in [0.15, 0.2) is 4.79 Å². The van der Waals surface area contributed by atoms with Crippen LogP contribution in [0, 0.1) is 0 Å². The number of H-pyrrole nitrogens is 2. The number of piperidine rings is 1. The molecule has 0 radical (unpaired) electrons. The molecule has 6 nitrogen and oxygen atoms in total. The van der Waals surface area contributed by atoms with Crippen molar-refractivity contribution in [2.45, 2.75) is 19.3 Å². The van der Waals surface area contributed by atoms with Crippen LogP contribution in [0.4, 0.5) is 0 Å². The zero-order chi connectivity index (χ0) is 9.97. The van der Waals surface area contributed by atoms with Gasteiger partial charge in [0.05, 0.1) is 0 Å². The average Bonchev–Trinajstić information content (AvgIpc) is 2.65. The lowest BCUT2D eigenvalue weighted by Gasteiger charge is -2.25. The molecule has 2 N–H and O–H groups in total. The molecule has 2 heterocycles. The fourth-order valence-electron chi connectivity index (χ4n) is 1.62. The van der Waals surface area contributed by atoms with Gasteiger partial charge in [0, 0.05) is 13.1 Å². The minimum Gasteiger partial charge on any atom is -0.336 e. The molecule has 2 rings (SSSR count). The minimum absolute atomic E-state index is 0.108. The Hall–Kier alpha value is -1.59. The Labute approximate surface area is 80.3 Å². The number of carbonyl (C=O) groups is 1. The van der Waals surface area contributed by atoms with Gasteiger partial charge in [0.2, 0.25) is 5.82 Å². The van der Waals surface area contributed by atoms with Crippen molar-refractivity contribution in [2.24, 2.45) is 0 Å². The van der Waals surface area contributed by atoms with Gasteiger partial charge in [0.1, 0.15) is 0 Å². The molecule has 1 aromatic rings. The first-order valence-corrected chi connectivity index (χ1v) is 4.71. The summed E-state index contributed by atoms with van der Waals surface area (Å²) in [5, 5.41) is 5.79. The number of aromatic nitrogens is 3.